The van der Waals surface area contributed by atoms with Crippen LogP contribution in [0.5, 0.6) is 0 Å². The number of hydrogen-bond donors (Lipinski definition) is 1. The average molecular weight is 252 g/mol. The first kappa shape index (κ1) is 12.9. The minimum Gasteiger partial charge on any atom is -0.374 e. The Labute approximate surface area is 88.4 Å². The van der Waals surface area contributed by atoms with Crippen molar-refractivity contribution in [2.45, 2.75) is 38.1 Å². The van der Waals surface area contributed by atoms with Crippen molar-refractivity contribution >= 4 is 21.8 Å². The largest absolute Gasteiger partial charge is 0.374 e. The first-order chi connectivity index (χ1) is 5.89. The van der Waals surface area contributed by atoms with Crippen LogP contribution in [0.25, 0.3) is 0 Å². The third kappa shape index (κ3) is 6.05. The SMILES string of the molecule is CCOC(C)(C)CNC(=O)C(C)Br. The zero-order valence-electron chi connectivity index (χ0n) is 8.69. The summed E-state index contributed by atoms with van der Waals surface area (Å²) in [6.07, 6.45) is 0. The summed E-state index contributed by atoms with van der Waals surface area (Å²) < 4.78 is 5.43. The fourth-order valence-corrected chi connectivity index (χ4v) is 1.04. The first-order valence-electron chi connectivity index (χ1n) is 4.45. The number of alkyl halides is 1. The normalized spacial score (nSPS) is 13.9. The number of ether oxygens (including phenoxy) is 1. The van der Waals surface area contributed by atoms with E-state index in [1.807, 2.05) is 20.8 Å². The van der Waals surface area contributed by atoms with E-state index in [9.17, 15) is 4.79 Å². The lowest BCUT2D eigenvalue weighted by Gasteiger charge is -2.25. The molecule has 0 bridgehead atoms. The lowest BCUT2D eigenvalue weighted by atomic mass is 10.1. The zero-order chi connectivity index (χ0) is 10.5. The van der Waals surface area contributed by atoms with Gasteiger partial charge in [0, 0.05) is 13.2 Å². The molecule has 0 aliphatic rings. The summed E-state index contributed by atoms with van der Waals surface area (Å²) in [4.78, 5) is 11.0. The van der Waals surface area contributed by atoms with Crippen LogP contribution in [0, 0.1) is 0 Å². The molecule has 13 heavy (non-hydrogen) atoms. The van der Waals surface area contributed by atoms with Gasteiger partial charge in [0.25, 0.3) is 0 Å². The van der Waals surface area contributed by atoms with Gasteiger partial charge in [0.2, 0.25) is 5.91 Å². The standard InChI is InChI=1S/C9H18BrNO2/c1-5-13-9(3,4)6-11-8(12)7(2)10/h7H,5-6H2,1-4H3,(H,11,12). The number of carbonyl (C=O) groups is 1. The van der Waals surface area contributed by atoms with Gasteiger partial charge in [0.05, 0.1) is 10.4 Å². The molecular weight excluding hydrogens is 234 g/mol. The van der Waals surface area contributed by atoms with E-state index >= 15 is 0 Å². The molecule has 0 heterocycles. The molecule has 0 saturated carbocycles. The molecule has 1 atom stereocenters. The molecule has 0 aromatic carbocycles. The van der Waals surface area contributed by atoms with Crippen molar-refractivity contribution in [3.63, 3.8) is 0 Å². The van der Waals surface area contributed by atoms with Gasteiger partial charge in [-0.15, -0.1) is 0 Å². The van der Waals surface area contributed by atoms with Crippen LogP contribution in [0.15, 0.2) is 0 Å². The fraction of sp³-hybridized carbons (Fsp3) is 0.889. The lowest BCUT2D eigenvalue weighted by Crippen LogP contribution is -2.42. The van der Waals surface area contributed by atoms with Gasteiger partial charge >= 0.3 is 0 Å². The quantitative estimate of drug-likeness (QED) is 0.756. The molecule has 0 rings (SSSR count). The molecule has 0 aromatic rings. The Hall–Kier alpha value is -0.0900. The van der Waals surface area contributed by atoms with Gasteiger partial charge in [0.15, 0.2) is 0 Å². The van der Waals surface area contributed by atoms with Crippen LogP contribution in [-0.2, 0) is 9.53 Å². The van der Waals surface area contributed by atoms with E-state index < -0.39 is 0 Å². The molecule has 4 heteroatoms. The van der Waals surface area contributed by atoms with Crippen LogP contribution >= 0.6 is 15.9 Å². The predicted molar refractivity (Wildman–Crippen MR) is 57.1 cm³/mol. The molecule has 0 aliphatic carbocycles. The highest BCUT2D eigenvalue weighted by Crippen LogP contribution is 2.07. The van der Waals surface area contributed by atoms with Gasteiger partial charge < -0.3 is 10.1 Å². The Balaban J connectivity index is 3.80. The number of nitrogens with one attached hydrogen (secondary N) is 1. The summed E-state index contributed by atoms with van der Waals surface area (Å²) in [6.45, 7) is 8.84. The third-order valence-corrected chi connectivity index (χ3v) is 2.00. The molecule has 3 nitrogen and oxygen atoms in total. The van der Waals surface area contributed by atoms with Crippen molar-refractivity contribution in [3.8, 4) is 0 Å². The highest BCUT2D eigenvalue weighted by Gasteiger charge is 2.19. The summed E-state index contributed by atoms with van der Waals surface area (Å²) in [5.41, 5.74) is -0.285. The number of hydrogen-bond acceptors (Lipinski definition) is 2. The summed E-state index contributed by atoms with van der Waals surface area (Å²) >= 11 is 3.19. The topological polar surface area (TPSA) is 38.3 Å². The van der Waals surface area contributed by atoms with Gasteiger partial charge in [-0.3, -0.25) is 4.79 Å². The Bertz CT molecular complexity index is 169. The minimum atomic E-state index is -0.285. The van der Waals surface area contributed by atoms with Crippen LogP contribution in [0.2, 0.25) is 0 Å². The van der Waals surface area contributed by atoms with Crippen molar-refractivity contribution in [1.29, 1.82) is 0 Å². The minimum absolute atomic E-state index is 0.00669. The van der Waals surface area contributed by atoms with Gasteiger partial charge in [-0.05, 0) is 27.7 Å². The van der Waals surface area contributed by atoms with Crippen LogP contribution in [0.4, 0.5) is 0 Å². The fourth-order valence-electron chi connectivity index (χ4n) is 0.882. The monoisotopic (exact) mass is 251 g/mol. The second kappa shape index (κ2) is 5.60. The van der Waals surface area contributed by atoms with E-state index in [0.717, 1.165) is 0 Å². The van der Waals surface area contributed by atoms with Crippen LogP contribution in [0.3, 0.4) is 0 Å². The van der Waals surface area contributed by atoms with Gasteiger partial charge in [0.1, 0.15) is 0 Å². The highest BCUT2D eigenvalue weighted by atomic mass is 79.9. The Morgan fingerprint density at radius 2 is 2.15 bits per heavy atom. The average Bonchev–Trinajstić information content (AvgIpc) is 2.00. The van der Waals surface area contributed by atoms with E-state index in [1.54, 1.807) is 6.92 Å². The number of carbonyl (C=O) groups excluding carboxylic acids is 1. The summed E-state index contributed by atoms with van der Waals surface area (Å²) in [7, 11) is 0. The van der Waals surface area contributed by atoms with Crippen LogP contribution in [0.1, 0.15) is 27.7 Å². The Kier molecular flexibility index (Phi) is 5.56. The molecule has 0 spiro atoms. The Morgan fingerprint density at radius 1 is 1.62 bits per heavy atom. The lowest BCUT2D eigenvalue weighted by molar-refractivity contribution is -0.121. The smallest absolute Gasteiger partial charge is 0.233 e. The first-order valence-corrected chi connectivity index (χ1v) is 5.36. The maximum atomic E-state index is 11.2. The second-order valence-electron chi connectivity index (χ2n) is 3.53. The molecule has 1 N–H and O–H groups in total. The zero-order valence-corrected chi connectivity index (χ0v) is 10.3. The predicted octanol–water partition coefficient (Wildman–Crippen LogP) is 1.70. The maximum Gasteiger partial charge on any atom is 0.233 e. The molecule has 78 valence electrons. The number of amides is 1. The van der Waals surface area contributed by atoms with E-state index in [4.69, 9.17) is 4.74 Å². The second-order valence-corrected chi connectivity index (χ2v) is 4.90. The van der Waals surface area contributed by atoms with Crippen molar-refractivity contribution < 1.29 is 9.53 Å². The van der Waals surface area contributed by atoms with E-state index in [1.165, 1.54) is 0 Å². The van der Waals surface area contributed by atoms with Crippen LogP contribution < -0.4 is 5.32 Å². The van der Waals surface area contributed by atoms with Gasteiger partial charge in [-0.2, -0.15) is 0 Å². The maximum absolute atomic E-state index is 11.2. The van der Waals surface area contributed by atoms with E-state index in [2.05, 4.69) is 21.2 Å². The molecule has 0 aliphatic heterocycles. The molecule has 1 amide bonds. The van der Waals surface area contributed by atoms with Gasteiger partial charge in [-0.25, -0.2) is 0 Å². The number of halogens is 1. The van der Waals surface area contributed by atoms with E-state index in [-0.39, 0.29) is 16.3 Å². The van der Waals surface area contributed by atoms with Crippen molar-refractivity contribution in [3.05, 3.63) is 0 Å². The van der Waals surface area contributed by atoms with Gasteiger partial charge in [-0.1, -0.05) is 15.9 Å². The van der Waals surface area contributed by atoms with Crippen molar-refractivity contribution in [2.75, 3.05) is 13.2 Å². The third-order valence-electron chi connectivity index (χ3n) is 1.58. The summed E-state index contributed by atoms with van der Waals surface area (Å²) in [5.74, 6) is -0.00669. The molecule has 0 radical (unpaired) electrons. The summed E-state index contributed by atoms with van der Waals surface area (Å²) in [6, 6.07) is 0. The van der Waals surface area contributed by atoms with E-state index in [0.29, 0.717) is 13.2 Å². The Morgan fingerprint density at radius 3 is 2.54 bits per heavy atom. The van der Waals surface area contributed by atoms with Crippen molar-refractivity contribution in [2.24, 2.45) is 0 Å². The molecule has 0 saturated heterocycles. The highest BCUT2D eigenvalue weighted by molar-refractivity contribution is 9.10. The molecular formula is C9H18BrNO2. The van der Waals surface area contributed by atoms with Crippen LogP contribution in [-0.4, -0.2) is 29.5 Å². The molecule has 0 fully saturated rings. The molecule has 1 unspecified atom stereocenters. The summed E-state index contributed by atoms with van der Waals surface area (Å²) in [5, 5.41) is 2.80. The van der Waals surface area contributed by atoms with Crippen molar-refractivity contribution in [1.82, 2.24) is 5.32 Å². The number of rotatable bonds is 5. The molecule has 0 aromatic heterocycles.